The number of hydrogen-bond acceptors (Lipinski definition) is 4. The molecule has 0 radical (unpaired) electrons. The van der Waals surface area contributed by atoms with E-state index in [0.29, 0.717) is 16.7 Å². The van der Waals surface area contributed by atoms with Crippen LogP contribution in [0.15, 0.2) is 22.6 Å². The van der Waals surface area contributed by atoms with E-state index < -0.39 is 0 Å². The van der Waals surface area contributed by atoms with Gasteiger partial charge in [0.1, 0.15) is 5.52 Å². The first-order valence-electron chi connectivity index (χ1n) is 3.96. The summed E-state index contributed by atoms with van der Waals surface area (Å²) in [5.74, 6) is -0.284. The molecule has 2 aromatic rings. The molecule has 0 saturated heterocycles. The molecule has 0 fully saturated rings. The Labute approximate surface area is 84.7 Å². The van der Waals surface area contributed by atoms with E-state index in [9.17, 15) is 4.79 Å². The molecular formula is C9H7ClN2O2. The van der Waals surface area contributed by atoms with Crippen LogP contribution in [-0.4, -0.2) is 16.6 Å². The van der Waals surface area contributed by atoms with Gasteiger partial charge in [0.05, 0.1) is 11.4 Å². The number of oxazole rings is 1. The molecule has 0 bridgehead atoms. The maximum Gasteiger partial charge on any atom is 0.293 e. The number of rotatable bonds is 2. The van der Waals surface area contributed by atoms with Gasteiger partial charge in [0.25, 0.3) is 6.01 Å². The van der Waals surface area contributed by atoms with Crippen LogP contribution in [0.25, 0.3) is 11.1 Å². The van der Waals surface area contributed by atoms with Crippen molar-refractivity contribution in [1.29, 1.82) is 0 Å². The molecule has 0 saturated carbocycles. The van der Waals surface area contributed by atoms with Crippen LogP contribution < -0.4 is 5.73 Å². The number of hydrogen-bond donors (Lipinski definition) is 1. The summed E-state index contributed by atoms with van der Waals surface area (Å²) in [5, 5.41) is 0. The highest BCUT2D eigenvalue weighted by molar-refractivity contribution is 6.31. The SMILES string of the molecule is Nc1nc2cccc(C(=O)CCl)c2o1. The molecule has 1 aromatic heterocycles. The summed E-state index contributed by atoms with van der Waals surface area (Å²) >= 11 is 5.45. The van der Waals surface area contributed by atoms with Gasteiger partial charge in [-0.3, -0.25) is 4.79 Å². The third-order valence-corrected chi connectivity index (χ3v) is 2.10. The summed E-state index contributed by atoms with van der Waals surface area (Å²) < 4.78 is 5.11. The second-order valence-corrected chi connectivity index (χ2v) is 3.03. The molecule has 0 aliphatic rings. The lowest BCUT2D eigenvalue weighted by molar-refractivity contribution is 0.102. The number of carbonyl (C=O) groups is 1. The van der Waals surface area contributed by atoms with Crippen molar-refractivity contribution in [2.75, 3.05) is 11.6 Å². The number of para-hydroxylation sites is 1. The first-order valence-corrected chi connectivity index (χ1v) is 4.50. The summed E-state index contributed by atoms with van der Waals surface area (Å²) in [4.78, 5) is 15.3. The molecular weight excluding hydrogens is 204 g/mol. The van der Waals surface area contributed by atoms with E-state index in [1.54, 1.807) is 18.2 Å². The minimum Gasteiger partial charge on any atom is -0.423 e. The Morgan fingerprint density at radius 2 is 2.36 bits per heavy atom. The molecule has 0 aliphatic heterocycles. The van der Waals surface area contributed by atoms with Crippen LogP contribution in [0.5, 0.6) is 0 Å². The van der Waals surface area contributed by atoms with E-state index in [1.807, 2.05) is 0 Å². The van der Waals surface area contributed by atoms with Crippen molar-refractivity contribution < 1.29 is 9.21 Å². The van der Waals surface area contributed by atoms with Gasteiger partial charge in [-0.05, 0) is 12.1 Å². The fourth-order valence-corrected chi connectivity index (χ4v) is 1.40. The van der Waals surface area contributed by atoms with Crippen molar-refractivity contribution in [3.8, 4) is 0 Å². The van der Waals surface area contributed by atoms with Gasteiger partial charge in [0.2, 0.25) is 0 Å². The lowest BCUT2D eigenvalue weighted by Crippen LogP contribution is -1.99. The zero-order valence-electron chi connectivity index (χ0n) is 7.16. The van der Waals surface area contributed by atoms with E-state index in [-0.39, 0.29) is 17.7 Å². The predicted molar refractivity (Wildman–Crippen MR) is 53.5 cm³/mol. The second-order valence-electron chi connectivity index (χ2n) is 2.76. The lowest BCUT2D eigenvalue weighted by atomic mass is 10.1. The van der Waals surface area contributed by atoms with Crippen molar-refractivity contribution in [1.82, 2.24) is 4.98 Å². The van der Waals surface area contributed by atoms with Crippen LogP contribution >= 0.6 is 11.6 Å². The fourth-order valence-electron chi connectivity index (χ4n) is 1.26. The molecule has 2 rings (SSSR count). The summed E-state index contributed by atoms with van der Waals surface area (Å²) in [7, 11) is 0. The molecule has 2 N–H and O–H groups in total. The molecule has 5 heteroatoms. The standard InChI is InChI=1S/C9H7ClN2O2/c10-4-7(13)5-2-1-3-6-8(5)14-9(11)12-6/h1-3H,4H2,(H2,11,12). The number of carbonyl (C=O) groups excluding carboxylic acids is 1. The Morgan fingerprint density at radius 3 is 3.07 bits per heavy atom. The molecule has 0 amide bonds. The molecule has 4 nitrogen and oxygen atoms in total. The first kappa shape index (κ1) is 9.02. The Hall–Kier alpha value is -1.55. The topological polar surface area (TPSA) is 69.1 Å². The summed E-state index contributed by atoms with van der Waals surface area (Å²) in [6.45, 7) is 0. The number of benzene rings is 1. The minimum absolute atomic E-state index is 0.0508. The van der Waals surface area contributed by atoms with E-state index >= 15 is 0 Å². The minimum atomic E-state index is -0.201. The van der Waals surface area contributed by atoms with Gasteiger partial charge in [-0.25, -0.2) is 0 Å². The van der Waals surface area contributed by atoms with Gasteiger partial charge in [-0.15, -0.1) is 11.6 Å². The van der Waals surface area contributed by atoms with Gasteiger partial charge in [0, 0.05) is 0 Å². The van der Waals surface area contributed by atoms with Crippen molar-refractivity contribution in [2.24, 2.45) is 0 Å². The Balaban J connectivity index is 2.70. The van der Waals surface area contributed by atoms with Crippen molar-refractivity contribution in [2.45, 2.75) is 0 Å². The van der Waals surface area contributed by atoms with E-state index in [0.717, 1.165) is 0 Å². The molecule has 0 aliphatic carbocycles. The molecule has 1 aromatic carbocycles. The van der Waals surface area contributed by atoms with Gasteiger partial charge in [-0.2, -0.15) is 4.98 Å². The number of nitrogens with two attached hydrogens (primary N) is 1. The van der Waals surface area contributed by atoms with Gasteiger partial charge < -0.3 is 10.2 Å². The average molecular weight is 211 g/mol. The molecule has 0 atom stereocenters. The van der Waals surface area contributed by atoms with Crippen LogP contribution in [0.2, 0.25) is 0 Å². The fraction of sp³-hybridized carbons (Fsp3) is 0.111. The zero-order chi connectivity index (χ0) is 10.1. The summed E-state index contributed by atoms with van der Waals surface area (Å²) in [6, 6.07) is 5.12. The highest BCUT2D eigenvalue weighted by Gasteiger charge is 2.13. The predicted octanol–water partition coefficient (Wildman–Crippen LogP) is 1.83. The van der Waals surface area contributed by atoms with Crippen LogP contribution in [0.4, 0.5) is 6.01 Å². The normalized spacial score (nSPS) is 10.6. The number of fused-ring (bicyclic) bond motifs is 1. The molecule has 0 spiro atoms. The van der Waals surface area contributed by atoms with E-state index in [1.165, 1.54) is 0 Å². The quantitative estimate of drug-likeness (QED) is 0.607. The van der Waals surface area contributed by atoms with Crippen molar-refractivity contribution in [3.05, 3.63) is 23.8 Å². The van der Waals surface area contributed by atoms with Crippen LogP contribution in [0.1, 0.15) is 10.4 Å². The lowest BCUT2D eigenvalue weighted by Gasteiger charge is -1.95. The number of alkyl halides is 1. The van der Waals surface area contributed by atoms with Crippen molar-refractivity contribution >= 4 is 34.5 Å². The summed E-state index contributed by atoms with van der Waals surface area (Å²) in [6.07, 6.45) is 0. The Bertz CT molecular complexity index is 493. The second kappa shape index (κ2) is 3.31. The molecule has 1 heterocycles. The van der Waals surface area contributed by atoms with Crippen LogP contribution in [0, 0.1) is 0 Å². The number of ketones is 1. The number of aromatic nitrogens is 1. The highest BCUT2D eigenvalue weighted by Crippen LogP contribution is 2.21. The number of halogens is 1. The largest absolute Gasteiger partial charge is 0.423 e. The van der Waals surface area contributed by atoms with E-state index in [2.05, 4.69) is 4.98 Å². The van der Waals surface area contributed by atoms with E-state index in [4.69, 9.17) is 21.8 Å². The maximum absolute atomic E-state index is 11.4. The van der Waals surface area contributed by atoms with Crippen molar-refractivity contribution in [3.63, 3.8) is 0 Å². The van der Waals surface area contributed by atoms with Gasteiger partial charge in [0.15, 0.2) is 11.4 Å². The average Bonchev–Trinajstić information content (AvgIpc) is 2.56. The van der Waals surface area contributed by atoms with Crippen LogP contribution in [0.3, 0.4) is 0 Å². The number of nitrogen functional groups attached to an aromatic ring is 1. The number of anilines is 1. The number of nitrogens with zero attached hydrogens (tertiary/aromatic N) is 1. The maximum atomic E-state index is 11.4. The Kier molecular flexibility index (Phi) is 2.13. The smallest absolute Gasteiger partial charge is 0.293 e. The monoisotopic (exact) mass is 210 g/mol. The summed E-state index contributed by atoms with van der Waals surface area (Å²) in [5.41, 5.74) is 6.76. The Morgan fingerprint density at radius 1 is 1.57 bits per heavy atom. The van der Waals surface area contributed by atoms with Gasteiger partial charge >= 0.3 is 0 Å². The number of Topliss-reactive ketones (excluding diaryl/α,β-unsaturated/α-hetero) is 1. The highest BCUT2D eigenvalue weighted by atomic mass is 35.5. The third kappa shape index (κ3) is 1.33. The first-order chi connectivity index (χ1) is 6.72. The van der Waals surface area contributed by atoms with Gasteiger partial charge in [-0.1, -0.05) is 6.07 Å². The zero-order valence-corrected chi connectivity index (χ0v) is 7.91. The molecule has 72 valence electrons. The molecule has 14 heavy (non-hydrogen) atoms. The van der Waals surface area contributed by atoms with Crippen LogP contribution in [-0.2, 0) is 0 Å². The third-order valence-electron chi connectivity index (χ3n) is 1.85. The molecule has 0 unspecified atom stereocenters.